The molecule has 4 aromatic rings. The number of nitrogen functional groups attached to an aromatic ring is 1. The highest BCUT2D eigenvalue weighted by molar-refractivity contribution is 5.73. The quantitative estimate of drug-likeness (QED) is 0.111. The smallest absolute Gasteiger partial charge is 0.323 e. The number of halogens is 1. The summed E-state index contributed by atoms with van der Waals surface area (Å²) < 4.78 is 27.1. The van der Waals surface area contributed by atoms with Crippen LogP contribution in [0.2, 0.25) is 0 Å². The maximum Gasteiger partial charge on any atom is 0.323 e. The van der Waals surface area contributed by atoms with Crippen LogP contribution in [-0.4, -0.2) is 28.8 Å². The Hall–Kier alpha value is -5.20. The molecule has 216 valence electrons. The molecule has 0 aliphatic carbocycles. The molecule has 0 radical (unpaired) electrons. The van der Waals surface area contributed by atoms with Gasteiger partial charge in [-0.25, -0.2) is 4.39 Å². The molecule has 1 unspecified atom stereocenters. The minimum absolute atomic E-state index is 0.00484. The molecule has 12 heteroatoms. The molecule has 0 saturated carbocycles. The lowest BCUT2D eigenvalue weighted by molar-refractivity contribution is -0.140. The fourth-order valence-electron chi connectivity index (χ4n) is 4.14. The van der Waals surface area contributed by atoms with Gasteiger partial charge in [0.25, 0.3) is 0 Å². The number of aliphatic carboxylic acids is 1. The second kappa shape index (κ2) is 13.9. The van der Waals surface area contributed by atoms with E-state index in [1.807, 2.05) is 6.07 Å². The molecule has 5 N–H and O–H groups in total. The molecule has 0 bridgehead atoms. The molecule has 42 heavy (non-hydrogen) atoms. The Bertz CT molecular complexity index is 1580. The van der Waals surface area contributed by atoms with Crippen LogP contribution in [0.15, 0.2) is 89.2 Å². The first-order chi connectivity index (χ1) is 20.3. The number of hydrogen-bond acceptors (Lipinski definition) is 10. The van der Waals surface area contributed by atoms with Crippen molar-refractivity contribution in [3.8, 4) is 22.6 Å². The number of aliphatic hydroxyl groups excluding tert-OH is 1. The van der Waals surface area contributed by atoms with Crippen molar-refractivity contribution in [2.75, 3.05) is 12.3 Å². The summed E-state index contributed by atoms with van der Waals surface area (Å²) in [7, 11) is 0. The van der Waals surface area contributed by atoms with Gasteiger partial charge in [0.05, 0.1) is 12.3 Å². The van der Waals surface area contributed by atoms with Gasteiger partial charge in [-0.1, -0.05) is 54.6 Å². The Balaban J connectivity index is 1.62. The number of carboxylic acids is 1. The summed E-state index contributed by atoms with van der Waals surface area (Å²) in [5.41, 5.74) is 8.21. The zero-order valence-electron chi connectivity index (χ0n) is 22.2. The number of nitrogens with two attached hydrogens (primary N) is 1. The summed E-state index contributed by atoms with van der Waals surface area (Å²) in [5.74, 6) is -1.55. The number of benzene rings is 4. The number of hydrogen-bond donors (Lipinski definition) is 4. The maximum atomic E-state index is 15.4. The van der Waals surface area contributed by atoms with Crippen LogP contribution in [-0.2, 0) is 24.6 Å². The van der Waals surface area contributed by atoms with Crippen molar-refractivity contribution < 1.29 is 28.9 Å². The molecule has 0 amide bonds. The SMILES string of the molecule is Nc1cc(COc2cc(OCc3cccc(-c4ccccc4)c3F)c(N=O)cc2CNC(CO)C(=O)O)ccc1N=O. The third kappa shape index (κ3) is 7.11. The highest BCUT2D eigenvalue weighted by Crippen LogP contribution is 2.37. The van der Waals surface area contributed by atoms with Gasteiger partial charge in [0.1, 0.15) is 42.2 Å². The number of aliphatic hydroxyl groups is 1. The Morgan fingerprint density at radius 1 is 0.881 bits per heavy atom. The van der Waals surface area contributed by atoms with Gasteiger partial charge < -0.3 is 25.4 Å². The lowest BCUT2D eigenvalue weighted by Crippen LogP contribution is -2.39. The molecule has 0 saturated heterocycles. The van der Waals surface area contributed by atoms with E-state index in [1.165, 1.54) is 24.3 Å². The van der Waals surface area contributed by atoms with Crippen LogP contribution in [0.4, 0.5) is 21.5 Å². The van der Waals surface area contributed by atoms with Gasteiger partial charge >= 0.3 is 5.97 Å². The van der Waals surface area contributed by atoms with Gasteiger partial charge in [0, 0.05) is 29.3 Å². The Labute approximate surface area is 239 Å². The lowest BCUT2D eigenvalue weighted by atomic mass is 10.0. The average Bonchev–Trinajstić information content (AvgIpc) is 3.00. The van der Waals surface area contributed by atoms with Crippen molar-refractivity contribution in [1.82, 2.24) is 5.32 Å². The summed E-state index contributed by atoms with van der Waals surface area (Å²) in [6.07, 6.45) is 0. The molecule has 0 aliphatic heterocycles. The molecule has 0 aliphatic rings. The van der Waals surface area contributed by atoms with Crippen LogP contribution in [0.25, 0.3) is 11.1 Å². The highest BCUT2D eigenvalue weighted by atomic mass is 19.1. The topological polar surface area (TPSA) is 173 Å². The zero-order valence-corrected chi connectivity index (χ0v) is 22.2. The van der Waals surface area contributed by atoms with Crippen LogP contribution in [0.5, 0.6) is 11.5 Å². The predicted octanol–water partition coefficient (Wildman–Crippen LogP) is 5.56. The molecular weight excluding hydrogens is 547 g/mol. The number of nitrogens with zero attached hydrogens (tertiary/aromatic N) is 2. The van der Waals surface area contributed by atoms with E-state index in [0.717, 1.165) is 0 Å². The van der Waals surface area contributed by atoms with Gasteiger partial charge in [0.2, 0.25) is 0 Å². The first-order valence-corrected chi connectivity index (χ1v) is 12.7. The summed E-state index contributed by atoms with van der Waals surface area (Å²) >= 11 is 0. The van der Waals surface area contributed by atoms with Crippen molar-refractivity contribution in [1.29, 1.82) is 0 Å². The van der Waals surface area contributed by atoms with Crippen molar-refractivity contribution in [3.05, 3.63) is 111 Å². The first kappa shape index (κ1) is 29.8. The van der Waals surface area contributed by atoms with E-state index in [1.54, 1.807) is 48.5 Å². The summed E-state index contributed by atoms with van der Waals surface area (Å²) in [6.45, 7) is -1.04. The van der Waals surface area contributed by atoms with Gasteiger partial charge in [-0.05, 0) is 39.7 Å². The number of nitrogens with one attached hydrogen (secondary N) is 1. The van der Waals surface area contributed by atoms with E-state index in [2.05, 4.69) is 15.7 Å². The molecule has 0 aromatic heterocycles. The van der Waals surface area contributed by atoms with Gasteiger partial charge in [-0.2, -0.15) is 0 Å². The minimum atomic E-state index is -1.27. The Morgan fingerprint density at radius 2 is 1.62 bits per heavy atom. The van der Waals surface area contributed by atoms with E-state index in [0.29, 0.717) is 22.3 Å². The second-order valence-electron chi connectivity index (χ2n) is 9.18. The van der Waals surface area contributed by atoms with Crippen LogP contribution >= 0.6 is 0 Å². The van der Waals surface area contributed by atoms with Gasteiger partial charge in [0.15, 0.2) is 5.75 Å². The molecule has 11 nitrogen and oxygen atoms in total. The number of ether oxygens (including phenoxy) is 2. The maximum absolute atomic E-state index is 15.4. The van der Waals surface area contributed by atoms with E-state index in [-0.39, 0.29) is 53.9 Å². The third-order valence-corrected chi connectivity index (χ3v) is 6.39. The number of anilines is 1. The summed E-state index contributed by atoms with van der Waals surface area (Å²) in [5, 5.41) is 27.2. The fourth-order valence-corrected chi connectivity index (χ4v) is 4.14. The van der Waals surface area contributed by atoms with E-state index in [9.17, 15) is 24.8 Å². The average molecular weight is 575 g/mol. The number of carboxylic acid groups (broad SMARTS) is 1. The van der Waals surface area contributed by atoms with Crippen LogP contribution in [0, 0.1) is 15.6 Å². The number of rotatable bonds is 14. The van der Waals surface area contributed by atoms with Crippen molar-refractivity contribution in [2.24, 2.45) is 10.4 Å². The fraction of sp³-hybridized carbons (Fsp3) is 0.167. The molecule has 0 heterocycles. The normalized spacial score (nSPS) is 11.5. The molecule has 4 aromatic carbocycles. The van der Waals surface area contributed by atoms with E-state index in [4.69, 9.17) is 15.2 Å². The first-order valence-electron chi connectivity index (χ1n) is 12.7. The largest absolute Gasteiger partial charge is 0.488 e. The Kier molecular flexibility index (Phi) is 9.87. The van der Waals surface area contributed by atoms with E-state index >= 15 is 4.39 Å². The minimum Gasteiger partial charge on any atom is -0.488 e. The second-order valence-corrected chi connectivity index (χ2v) is 9.18. The van der Waals surface area contributed by atoms with Crippen molar-refractivity contribution in [3.63, 3.8) is 0 Å². The van der Waals surface area contributed by atoms with Crippen LogP contribution in [0.1, 0.15) is 16.7 Å². The van der Waals surface area contributed by atoms with Crippen molar-refractivity contribution in [2.45, 2.75) is 25.8 Å². The van der Waals surface area contributed by atoms with Gasteiger partial charge in [-0.15, -0.1) is 9.81 Å². The molecule has 4 rings (SSSR count). The molecular formula is C30H27FN4O7. The van der Waals surface area contributed by atoms with Crippen molar-refractivity contribution >= 4 is 23.0 Å². The summed E-state index contributed by atoms with van der Waals surface area (Å²) in [6, 6.07) is 20.0. The molecule has 0 fully saturated rings. The predicted molar refractivity (Wildman–Crippen MR) is 154 cm³/mol. The highest BCUT2D eigenvalue weighted by Gasteiger charge is 2.19. The molecule has 0 spiro atoms. The number of carbonyl (C=O) groups is 1. The van der Waals surface area contributed by atoms with Gasteiger partial charge in [-0.3, -0.25) is 10.1 Å². The monoisotopic (exact) mass is 574 g/mol. The number of nitroso groups, excluding NO2 is 2. The summed E-state index contributed by atoms with van der Waals surface area (Å²) in [4.78, 5) is 33.9. The standard InChI is InChI=1S/C30H27FN4O7/c31-29-20(7-4-8-22(29)19-5-2-1-3-6-19)17-42-28-13-27(41-16-18-9-10-24(34-39)23(32)11-18)21(12-25(28)35-40)14-33-26(15-36)30(37)38/h1-13,26,33,36H,14-17,32H2,(H,37,38). The van der Waals surface area contributed by atoms with Crippen LogP contribution < -0.4 is 20.5 Å². The molecule has 1 atom stereocenters. The zero-order chi connectivity index (χ0) is 30.1. The Morgan fingerprint density at radius 3 is 2.29 bits per heavy atom. The van der Waals surface area contributed by atoms with Crippen LogP contribution in [0.3, 0.4) is 0 Å². The lowest BCUT2D eigenvalue weighted by Gasteiger charge is -2.18. The third-order valence-electron chi connectivity index (χ3n) is 6.39. The van der Waals surface area contributed by atoms with E-state index < -0.39 is 24.4 Å².